The van der Waals surface area contributed by atoms with Crippen LogP contribution in [0, 0.1) is 0 Å². The third-order valence-corrected chi connectivity index (χ3v) is 18.2. The van der Waals surface area contributed by atoms with Crippen molar-refractivity contribution >= 4 is 54.6 Å². The predicted octanol–water partition coefficient (Wildman–Crippen LogP) is 10.8. The molecule has 1 heterocycles. The number of nitrogens with one attached hydrogen (secondary N) is 3. The van der Waals surface area contributed by atoms with Gasteiger partial charge < -0.3 is 49.4 Å². The van der Waals surface area contributed by atoms with Gasteiger partial charge in [0.2, 0.25) is 5.56 Å². The number of aromatic amines is 1. The molecular weight excluding hydrogens is 942 g/mol. The van der Waals surface area contributed by atoms with Gasteiger partial charge in [-0.25, -0.2) is 9.59 Å². The first-order chi connectivity index (χ1) is 33.4. The molecule has 1 fully saturated rings. The molecule has 1 saturated carbocycles. The summed E-state index contributed by atoms with van der Waals surface area (Å²) in [4.78, 5) is 57.1. The standard InChI is InChI=1S/C54H70ClN5O10Si/c1-53(2,3)69-51(64)57-37-17-19-38(20-18-37)60(52(65)66)43-28-34(16-21-39(43)35-14-12-11-13-15-35)26-27-59(7)49(63)33-68-46-30-45(67-8)36(29-42(46)55)31-56-32-47(70-71(9,10)54(4,5)6)40-22-24-44(61)50-41(40)23-25-48(62)58-50/h11-16,21-25,28-30,37-38,47,56,61H,17-20,26-27,31-33H2,1-10H3,(H,57,64)(H,58,62)(H,65,66)/t37?,38?,47-/m0/s1. The number of phenolic OH excluding ortho intramolecular Hbond substituents is 1. The molecule has 0 radical (unpaired) electrons. The molecule has 17 heteroatoms. The van der Waals surface area contributed by atoms with Crippen molar-refractivity contribution in [2.24, 2.45) is 0 Å². The fourth-order valence-corrected chi connectivity index (χ4v) is 10.0. The zero-order chi connectivity index (χ0) is 51.8. The monoisotopic (exact) mass is 1010 g/mol. The van der Waals surface area contributed by atoms with Crippen LogP contribution >= 0.6 is 11.6 Å². The molecular formula is C54H70ClN5O10Si. The van der Waals surface area contributed by atoms with Gasteiger partial charge >= 0.3 is 12.2 Å². The van der Waals surface area contributed by atoms with Crippen molar-refractivity contribution in [1.29, 1.82) is 0 Å². The molecule has 0 bridgehead atoms. The number of methoxy groups -OCH3 is 1. The number of carbonyl (C=O) groups excluding carboxylic acids is 2. The van der Waals surface area contributed by atoms with E-state index in [1.165, 1.54) is 11.0 Å². The van der Waals surface area contributed by atoms with Crippen molar-refractivity contribution in [3.63, 3.8) is 0 Å². The van der Waals surface area contributed by atoms with Crippen molar-refractivity contribution in [2.75, 3.05) is 38.8 Å². The van der Waals surface area contributed by atoms with Gasteiger partial charge in [-0.05, 0) is 112 Å². The number of fused-ring (bicyclic) bond motifs is 1. The van der Waals surface area contributed by atoms with Gasteiger partial charge in [0, 0.05) is 67.4 Å². The minimum absolute atomic E-state index is 0.0242. The van der Waals surface area contributed by atoms with E-state index in [4.69, 9.17) is 30.2 Å². The number of carboxylic acid groups (broad SMARTS) is 1. The molecule has 71 heavy (non-hydrogen) atoms. The first-order valence-electron chi connectivity index (χ1n) is 24.1. The number of pyridine rings is 1. The van der Waals surface area contributed by atoms with Crippen LogP contribution in [0.3, 0.4) is 0 Å². The number of likely N-dealkylation sites (N-methyl/N-ethyl adjacent to an activating group) is 1. The maximum atomic E-state index is 13.5. The normalized spacial score (nSPS) is 15.7. The van der Waals surface area contributed by atoms with Gasteiger partial charge in [-0.3, -0.25) is 14.5 Å². The fraction of sp³-hybridized carbons (Fsp3) is 0.444. The lowest BCUT2D eigenvalue weighted by Gasteiger charge is -2.39. The molecule has 0 saturated heterocycles. The number of amides is 3. The van der Waals surface area contributed by atoms with E-state index in [0.29, 0.717) is 79.1 Å². The average molecular weight is 1010 g/mol. The number of ether oxygens (including phenoxy) is 3. The van der Waals surface area contributed by atoms with E-state index < -0.39 is 32.2 Å². The molecule has 6 rings (SSSR count). The smallest absolute Gasteiger partial charge is 0.412 e. The van der Waals surface area contributed by atoms with Crippen LogP contribution in [0.1, 0.15) is 90.0 Å². The Balaban J connectivity index is 1.10. The number of anilines is 1. The largest absolute Gasteiger partial charge is 0.506 e. The fourth-order valence-electron chi connectivity index (χ4n) is 8.51. The summed E-state index contributed by atoms with van der Waals surface area (Å²) in [6.07, 6.45) is 0.781. The van der Waals surface area contributed by atoms with Crippen LogP contribution in [0.4, 0.5) is 15.3 Å². The summed E-state index contributed by atoms with van der Waals surface area (Å²) in [5.74, 6) is 0.475. The Morgan fingerprint density at radius 3 is 2.27 bits per heavy atom. The van der Waals surface area contributed by atoms with Crippen molar-refractivity contribution < 1.29 is 43.2 Å². The second-order valence-electron chi connectivity index (χ2n) is 20.8. The zero-order valence-electron chi connectivity index (χ0n) is 42.6. The molecule has 15 nitrogen and oxygen atoms in total. The molecule has 5 aromatic rings. The van der Waals surface area contributed by atoms with Crippen molar-refractivity contribution in [2.45, 2.75) is 122 Å². The summed E-state index contributed by atoms with van der Waals surface area (Å²) < 4.78 is 24.2. The second kappa shape index (κ2) is 23.0. The third-order valence-electron chi connectivity index (χ3n) is 13.4. The van der Waals surface area contributed by atoms with E-state index in [-0.39, 0.29) is 46.7 Å². The number of halogens is 1. The highest BCUT2D eigenvalue weighted by Crippen LogP contribution is 2.42. The minimum atomic E-state index is -2.32. The van der Waals surface area contributed by atoms with Gasteiger partial charge in [-0.2, -0.15) is 0 Å². The molecule has 382 valence electrons. The third kappa shape index (κ3) is 14.1. The number of rotatable bonds is 18. The second-order valence-corrected chi connectivity index (χ2v) is 25.9. The number of benzene rings is 4. The minimum Gasteiger partial charge on any atom is -0.506 e. The number of hydrogen-bond donors (Lipinski definition) is 5. The van der Waals surface area contributed by atoms with Gasteiger partial charge in [0.15, 0.2) is 14.9 Å². The highest BCUT2D eigenvalue weighted by Gasteiger charge is 2.40. The first kappa shape index (κ1) is 54.3. The van der Waals surface area contributed by atoms with Crippen molar-refractivity contribution in [1.82, 2.24) is 20.5 Å². The highest BCUT2D eigenvalue weighted by molar-refractivity contribution is 6.74. The Hall–Kier alpha value is -6.07. The number of hydrogen-bond acceptors (Lipinski definition) is 10. The summed E-state index contributed by atoms with van der Waals surface area (Å²) in [5, 5.41) is 28.7. The summed E-state index contributed by atoms with van der Waals surface area (Å²) in [6.45, 7) is 17.1. The predicted molar refractivity (Wildman–Crippen MR) is 282 cm³/mol. The van der Waals surface area contributed by atoms with Crippen LogP contribution < -0.4 is 30.6 Å². The van der Waals surface area contributed by atoms with Crippen LogP contribution in [0.5, 0.6) is 17.2 Å². The molecule has 1 aromatic heterocycles. The lowest BCUT2D eigenvalue weighted by molar-refractivity contribution is -0.132. The summed E-state index contributed by atoms with van der Waals surface area (Å²) in [6, 6.07) is 25.0. The van der Waals surface area contributed by atoms with Crippen LogP contribution in [0.2, 0.25) is 23.2 Å². The SMILES string of the molecule is COc1cc(OCC(=O)N(C)CCc2ccc(-c3ccccc3)c(N(C(=O)O)C3CCC(NC(=O)OC(C)(C)C)CC3)c2)c(Cl)cc1CNC[C@H](O[Si](C)(C)C(C)(C)C)c1ccc(O)c2[nH]c(=O)ccc12. The van der Waals surface area contributed by atoms with Gasteiger partial charge in [-0.1, -0.05) is 80.9 Å². The number of aromatic hydroxyl groups is 1. The van der Waals surface area contributed by atoms with Gasteiger partial charge in [0.05, 0.1) is 29.4 Å². The summed E-state index contributed by atoms with van der Waals surface area (Å²) in [7, 11) is 0.923. The van der Waals surface area contributed by atoms with E-state index in [9.17, 15) is 29.4 Å². The number of phenols is 1. The van der Waals surface area contributed by atoms with Crippen molar-refractivity contribution in [3.05, 3.63) is 117 Å². The zero-order valence-corrected chi connectivity index (χ0v) is 44.4. The van der Waals surface area contributed by atoms with Gasteiger partial charge in [-0.15, -0.1) is 0 Å². The van der Waals surface area contributed by atoms with Crippen LogP contribution in [-0.2, 0) is 26.9 Å². The highest BCUT2D eigenvalue weighted by atomic mass is 35.5. The molecule has 1 aliphatic carbocycles. The molecule has 1 atom stereocenters. The maximum Gasteiger partial charge on any atom is 0.412 e. The lowest BCUT2D eigenvalue weighted by atomic mass is 9.89. The van der Waals surface area contributed by atoms with Crippen LogP contribution in [-0.4, -0.2) is 98.0 Å². The molecule has 5 N–H and O–H groups in total. The Bertz CT molecular complexity index is 2730. The maximum absolute atomic E-state index is 13.5. The number of aromatic nitrogens is 1. The van der Waals surface area contributed by atoms with E-state index >= 15 is 0 Å². The van der Waals surface area contributed by atoms with Crippen LogP contribution in [0.15, 0.2) is 89.7 Å². The van der Waals surface area contributed by atoms with E-state index in [0.717, 1.165) is 27.8 Å². The Labute approximate surface area is 422 Å². The molecule has 0 spiro atoms. The molecule has 0 aliphatic heterocycles. The number of carbonyl (C=O) groups is 3. The number of H-pyrrole nitrogens is 1. The molecule has 4 aromatic carbocycles. The quantitative estimate of drug-likeness (QED) is 0.0525. The topological polar surface area (TPSA) is 192 Å². The van der Waals surface area contributed by atoms with Crippen LogP contribution in [0.25, 0.3) is 22.0 Å². The average Bonchev–Trinajstić information content (AvgIpc) is 3.30. The van der Waals surface area contributed by atoms with Crippen molar-refractivity contribution in [3.8, 4) is 28.4 Å². The Morgan fingerprint density at radius 1 is 0.915 bits per heavy atom. The molecule has 1 aliphatic rings. The molecule has 0 unspecified atom stereocenters. The van der Waals surface area contributed by atoms with E-state index in [2.05, 4.69) is 49.5 Å². The van der Waals surface area contributed by atoms with E-state index in [1.807, 2.05) is 75.4 Å². The first-order valence-corrected chi connectivity index (χ1v) is 27.4. The lowest BCUT2D eigenvalue weighted by Crippen LogP contribution is -2.47. The van der Waals surface area contributed by atoms with Gasteiger partial charge in [0.25, 0.3) is 5.91 Å². The number of alkyl carbamates (subject to hydrolysis) is 1. The number of nitrogens with zero attached hydrogens (tertiary/aromatic N) is 2. The van der Waals surface area contributed by atoms with Gasteiger partial charge in [0.1, 0.15) is 22.8 Å². The Morgan fingerprint density at radius 2 is 1.62 bits per heavy atom. The Kier molecular flexibility index (Phi) is 17.6. The molecule has 3 amide bonds. The van der Waals surface area contributed by atoms with E-state index in [1.54, 1.807) is 43.3 Å². The summed E-state index contributed by atoms with van der Waals surface area (Å²) >= 11 is 6.78. The summed E-state index contributed by atoms with van der Waals surface area (Å²) in [5.41, 5.74) is 4.06.